The summed E-state index contributed by atoms with van der Waals surface area (Å²) in [5.41, 5.74) is -0.409. The third-order valence-electron chi connectivity index (χ3n) is 3.89. The first-order valence-electron chi connectivity index (χ1n) is 5.40. The van der Waals surface area contributed by atoms with Crippen LogP contribution in [0.1, 0.15) is 33.1 Å². The summed E-state index contributed by atoms with van der Waals surface area (Å²) in [5, 5.41) is 10.8. The summed E-state index contributed by atoms with van der Waals surface area (Å²) in [4.78, 5) is 22.4. The third-order valence-corrected chi connectivity index (χ3v) is 3.89. The molecule has 1 saturated heterocycles. The Morgan fingerprint density at radius 2 is 2.27 bits per heavy atom. The molecule has 1 aliphatic heterocycles. The van der Waals surface area contributed by atoms with Crippen LogP contribution < -0.4 is 5.11 Å². The molecule has 0 unspecified atom stereocenters. The number of esters is 1. The Balaban J connectivity index is 2.24. The van der Waals surface area contributed by atoms with Crippen LogP contribution in [0.5, 0.6) is 0 Å². The zero-order valence-electron chi connectivity index (χ0n) is 8.99. The number of carbonyl (C=O) groups excluding carboxylic acids is 2. The van der Waals surface area contributed by atoms with Gasteiger partial charge >= 0.3 is 5.97 Å². The van der Waals surface area contributed by atoms with E-state index in [0.717, 1.165) is 0 Å². The van der Waals surface area contributed by atoms with Crippen LogP contribution in [-0.4, -0.2) is 17.5 Å². The summed E-state index contributed by atoms with van der Waals surface area (Å²) in [6.45, 7) is 4.02. The topological polar surface area (TPSA) is 66.4 Å². The van der Waals surface area contributed by atoms with Crippen LogP contribution in [0, 0.1) is 17.8 Å². The molecule has 4 heteroatoms. The maximum atomic E-state index is 11.6. The number of hydrogen-bond donors (Lipinski definition) is 0. The monoisotopic (exact) mass is 211 g/mol. The molecule has 3 atom stereocenters. The summed E-state index contributed by atoms with van der Waals surface area (Å²) in [6.07, 6.45) is 1.69. The summed E-state index contributed by atoms with van der Waals surface area (Å²) in [7, 11) is 0. The maximum Gasteiger partial charge on any atom is 0.310 e. The van der Waals surface area contributed by atoms with Crippen molar-refractivity contribution in [3.63, 3.8) is 0 Å². The number of carboxylic acid groups (broad SMARTS) is 1. The highest BCUT2D eigenvalue weighted by atomic mass is 16.6. The summed E-state index contributed by atoms with van der Waals surface area (Å²) in [6, 6.07) is 0. The largest absolute Gasteiger partial charge is 0.550 e. The van der Waals surface area contributed by atoms with Gasteiger partial charge in [0.25, 0.3) is 0 Å². The number of carbonyl (C=O) groups is 2. The van der Waals surface area contributed by atoms with E-state index >= 15 is 0 Å². The number of fused-ring (bicyclic) bond motifs is 2. The molecule has 0 aromatic rings. The predicted octanol–water partition coefficient (Wildman–Crippen LogP) is 0.104. The van der Waals surface area contributed by atoms with Crippen molar-refractivity contribution in [1.29, 1.82) is 0 Å². The average molecular weight is 211 g/mol. The number of ether oxygens (including phenoxy) is 1. The van der Waals surface area contributed by atoms with Crippen molar-refractivity contribution in [2.24, 2.45) is 17.8 Å². The number of carboxylic acids is 1. The molecular weight excluding hydrogens is 196 g/mol. The van der Waals surface area contributed by atoms with Crippen molar-refractivity contribution < 1.29 is 19.4 Å². The molecule has 0 aromatic carbocycles. The lowest BCUT2D eigenvalue weighted by Gasteiger charge is -2.37. The fourth-order valence-corrected chi connectivity index (χ4v) is 2.76. The molecule has 2 fully saturated rings. The Kier molecular flexibility index (Phi) is 2.24. The molecule has 0 amide bonds. The normalized spacial score (nSPS) is 39.3. The first-order valence-corrected chi connectivity index (χ1v) is 5.40. The van der Waals surface area contributed by atoms with Gasteiger partial charge in [0.05, 0.1) is 5.92 Å². The van der Waals surface area contributed by atoms with Gasteiger partial charge in [-0.15, -0.1) is 0 Å². The van der Waals surface area contributed by atoms with Gasteiger partial charge in [-0.2, -0.15) is 0 Å². The van der Waals surface area contributed by atoms with Crippen LogP contribution >= 0.6 is 0 Å². The van der Waals surface area contributed by atoms with E-state index in [-0.39, 0.29) is 11.9 Å². The summed E-state index contributed by atoms with van der Waals surface area (Å²) in [5.74, 6) is -2.35. The highest BCUT2D eigenvalue weighted by Crippen LogP contribution is 2.49. The van der Waals surface area contributed by atoms with Gasteiger partial charge in [-0.1, -0.05) is 13.8 Å². The fourth-order valence-electron chi connectivity index (χ4n) is 2.76. The summed E-state index contributed by atoms with van der Waals surface area (Å²) < 4.78 is 5.38. The zero-order chi connectivity index (χ0) is 11.2. The number of hydrogen-bond acceptors (Lipinski definition) is 4. The minimum Gasteiger partial charge on any atom is -0.550 e. The molecule has 0 spiro atoms. The second-order valence-electron chi connectivity index (χ2n) is 4.92. The average Bonchev–Trinajstić information content (AvgIpc) is 2.40. The van der Waals surface area contributed by atoms with Crippen molar-refractivity contribution in [2.75, 3.05) is 0 Å². The molecule has 0 aromatic heterocycles. The molecule has 2 rings (SSSR count). The fraction of sp³-hybridized carbons (Fsp3) is 0.818. The van der Waals surface area contributed by atoms with Gasteiger partial charge in [0.2, 0.25) is 0 Å². The Bertz CT molecular complexity index is 310. The van der Waals surface area contributed by atoms with Gasteiger partial charge < -0.3 is 14.6 Å². The smallest absolute Gasteiger partial charge is 0.310 e. The Hall–Kier alpha value is -1.06. The highest BCUT2D eigenvalue weighted by molar-refractivity contribution is 5.82. The molecule has 1 aliphatic carbocycles. The molecule has 2 bridgehead atoms. The van der Waals surface area contributed by atoms with Gasteiger partial charge in [0.15, 0.2) is 0 Å². The van der Waals surface area contributed by atoms with Crippen molar-refractivity contribution in [1.82, 2.24) is 0 Å². The Morgan fingerprint density at radius 3 is 2.80 bits per heavy atom. The minimum absolute atomic E-state index is 0.245. The van der Waals surface area contributed by atoms with Crippen molar-refractivity contribution >= 4 is 11.9 Å². The molecule has 4 nitrogen and oxygen atoms in total. The standard InChI is InChI=1S/C11H16O4/c1-6(2)11-4-3-7(9(12)13)8(5-11)10(14)15-11/h6-8H,3-5H2,1-2H3,(H,12,13)/p-1/t7-,8+,11+/m0/s1. The first kappa shape index (κ1) is 10.5. The van der Waals surface area contributed by atoms with Gasteiger partial charge in [0.1, 0.15) is 5.60 Å². The predicted molar refractivity (Wildman–Crippen MR) is 49.5 cm³/mol. The Labute approximate surface area is 88.6 Å². The van der Waals surface area contributed by atoms with Crippen LogP contribution in [0.2, 0.25) is 0 Å². The van der Waals surface area contributed by atoms with Crippen molar-refractivity contribution in [2.45, 2.75) is 38.7 Å². The molecule has 15 heavy (non-hydrogen) atoms. The van der Waals surface area contributed by atoms with E-state index in [1.807, 2.05) is 13.8 Å². The van der Waals surface area contributed by atoms with Crippen LogP contribution in [0.25, 0.3) is 0 Å². The van der Waals surface area contributed by atoms with E-state index in [1.165, 1.54) is 0 Å². The maximum absolute atomic E-state index is 11.6. The molecule has 0 N–H and O–H groups in total. The molecule has 1 saturated carbocycles. The van der Waals surface area contributed by atoms with Crippen molar-refractivity contribution in [3.8, 4) is 0 Å². The number of rotatable bonds is 2. The molecule has 2 aliphatic rings. The second kappa shape index (κ2) is 3.22. The van der Waals surface area contributed by atoms with Crippen LogP contribution in [-0.2, 0) is 14.3 Å². The first-order chi connectivity index (χ1) is 6.96. The minimum atomic E-state index is -1.11. The van der Waals surface area contributed by atoms with E-state index in [1.54, 1.807) is 0 Å². The van der Waals surface area contributed by atoms with Gasteiger partial charge in [-0.3, -0.25) is 4.79 Å². The highest BCUT2D eigenvalue weighted by Gasteiger charge is 2.54. The van der Waals surface area contributed by atoms with Crippen LogP contribution in [0.4, 0.5) is 0 Å². The second-order valence-corrected chi connectivity index (χ2v) is 4.92. The third kappa shape index (κ3) is 1.43. The van der Waals surface area contributed by atoms with E-state index in [0.29, 0.717) is 19.3 Å². The van der Waals surface area contributed by atoms with Crippen molar-refractivity contribution in [3.05, 3.63) is 0 Å². The molecular formula is C11H15O4-. The van der Waals surface area contributed by atoms with Gasteiger partial charge in [-0.25, -0.2) is 0 Å². The lowest BCUT2D eigenvalue weighted by molar-refractivity contribution is -0.313. The van der Waals surface area contributed by atoms with E-state index < -0.39 is 23.4 Å². The number of aliphatic carboxylic acids is 1. The molecule has 84 valence electrons. The van der Waals surface area contributed by atoms with E-state index in [2.05, 4.69) is 0 Å². The van der Waals surface area contributed by atoms with Gasteiger partial charge in [0, 0.05) is 18.3 Å². The van der Waals surface area contributed by atoms with E-state index in [4.69, 9.17) is 4.74 Å². The molecule has 1 heterocycles. The zero-order valence-corrected chi connectivity index (χ0v) is 8.99. The summed E-state index contributed by atoms with van der Waals surface area (Å²) >= 11 is 0. The van der Waals surface area contributed by atoms with Gasteiger partial charge in [-0.05, 0) is 18.8 Å². The van der Waals surface area contributed by atoms with Crippen LogP contribution in [0.3, 0.4) is 0 Å². The SMILES string of the molecule is CC(C)[C@@]12CC[C@H](C(=O)[O-])[C@@H](C1)C(=O)O2. The quantitative estimate of drug-likeness (QED) is 0.608. The van der Waals surface area contributed by atoms with E-state index in [9.17, 15) is 14.7 Å². The Morgan fingerprint density at radius 1 is 1.60 bits per heavy atom. The lowest BCUT2D eigenvalue weighted by Crippen LogP contribution is -2.43. The lowest BCUT2D eigenvalue weighted by atomic mass is 9.70. The molecule has 0 radical (unpaired) electrons. The van der Waals surface area contributed by atoms with Crippen LogP contribution in [0.15, 0.2) is 0 Å².